The van der Waals surface area contributed by atoms with Crippen molar-refractivity contribution in [3.8, 4) is 0 Å². The summed E-state index contributed by atoms with van der Waals surface area (Å²) < 4.78 is 19.0. The molecule has 1 aromatic rings. The van der Waals surface area contributed by atoms with Crippen molar-refractivity contribution in [3.63, 3.8) is 0 Å². The molecule has 0 bridgehead atoms. The maximum Gasteiger partial charge on any atom is 0.229 e. The summed E-state index contributed by atoms with van der Waals surface area (Å²) in [4.78, 5) is 12.7. The SMILES string of the molecule is COCC1(C(=O)NC(C)c2ccccc2F)CCNCC1. The van der Waals surface area contributed by atoms with Gasteiger partial charge in [0, 0.05) is 12.7 Å². The molecule has 0 radical (unpaired) electrons. The lowest BCUT2D eigenvalue weighted by Gasteiger charge is -2.36. The van der Waals surface area contributed by atoms with Crippen molar-refractivity contribution < 1.29 is 13.9 Å². The summed E-state index contributed by atoms with van der Waals surface area (Å²) in [7, 11) is 1.61. The molecule has 116 valence electrons. The lowest BCUT2D eigenvalue weighted by Crippen LogP contribution is -2.50. The second-order valence-electron chi connectivity index (χ2n) is 5.68. The van der Waals surface area contributed by atoms with Gasteiger partial charge in [-0.1, -0.05) is 18.2 Å². The molecule has 1 aliphatic rings. The summed E-state index contributed by atoms with van der Waals surface area (Å²) in [6, 6.07) is 6.17. The zero-order chi connectivity index (χ0) is 15.3. The summed E-state index contributed by atoms with van der Waals surface area (Å²) in [5.41, 5.74) is -0.00756. The van der Waals surface area contributed by atoms with E-state index in [4.69, 9.17) is 4.74 Å². The van der Waals surface area contributed by atoms with Gasteiger partial charge in [-0.15, -0.1) is 0 Å². The number of piperidine rings is 1. The fourth-order valence-electron chi connectivity index (χ4n) is 2.87. The maximum absolute atomic E-state index is 13.8. The van der Waals surface area contributed by atoms with E-state index >= 15 is 0 Å². The topological polar surface area (TPSA) is 50.4 Å². The Hall–Kier alpha value is -1.46. The predicted molar refractivity (Wildman–Crippen MR) is 79.4 cm³/mol. The summed E-state index contributed by atoms with van der Waals surface area (Å²) in [5, 5.41) is 6.20. The number of carbonyl (C=O) groups is 1. The van der Waals surface area contributed by atoms with E-state index in [9.17, 15) is 9.18 Å². The lowest BCUT2D eigenvalue weighted by molar-refractivity contribution is -0.136. The summed E-state index contributed by atoms with van der Waals surface area (Å²) in [6.45, 7) is 3.79. The van der Waals surface area contributed by atoms with Crippen LogP contribution in [-0.2, 0) is 9.53 Å². The largest absolute Gasteiger partial charge is 0.384 e. The highest BCUT2D eigenvalue weighted by atomic mass is 19.1. The molecule has 0 spiro atoms. The average molecular weight is 294 g/mol. The Bertz CT molecular complexity index is 481. The molecule has 0 aromatic heterocycles. The zero-order valence-electron chi connectivity index (χ0n) is 12.6. The molecule has 4 nitrogen and oxygen atoms in total. The van der Waals surface area contributed by atoms with Crippen molar-refractivity contribution in [2.45, 2.75) is 25.8 Å². The van der Waals surface area contributed by atoms with Crippen molar-refractivity contribution in [3.05, 3.63) is 35.6 Å². The predicted octanol–water partition coefficient (Wildman–Crippen LogP) is 2.02. The Labute approximate surface area is 125 Å². The van der Waals surface area contributed by atoms with Gasteiger partial charge in [0.05, 0.1) is 18.1 Å². The average Bonchev–Trinajstić information content (AvgIpc) is 2.48. The van der Waals surface area contributed by atoms with Gasteiger partial charge in [-0.25, -0.2) is 4.39 Å². The number of nitrogens with one attached hydrogen (secondary N) is 2. The Balaban J connectivity index is 2.10. The minimum Gasteiger partial charge on any atom is -0.384 e. The Kier molecular flexibility index (Phi) is 5.31. The van der Waals surface area contributed by atoms with Gasteiger partial charge in [0.15, 0.2) is 0 Å². The molecule has 1 heterocycles. The Morgan fingerprint density at radius 2 is 2.10 bits per heavy atom. The molecule has 2 rings (SSSR count). The van der Waals surface area contributed by atoms with Crippen molar-refractivity contribution in [2.24, 2.45) is 5.41 Å². The molecular formula is C16H23FN2O2. The van der Waals surface area contributed by atoms with Crippen molar-refractivity contribution in [2.75, 3.05) is 26.8 Å². The number of benzene rings is 1. The highest BCUT2D eigenvalue weighted by Crippen LogP contribution is 2.30. The highest BCUT2D eigenvalue weighted by Gasteiger charge is 2.40. The number of carbonyl (C=O) groups excluding carboxylic acids is 1. The normalized spacial score (nSPS) is 19.0. The monoisotopic (exact) mass is 294 g/mol. The van der Waals surface area contributed by atoms with E-state index in [1.807, 2.05) is 0 Å². The molecule has 0 saturated carbocycles. The molecule has 2 N–H and O–H groups in total. The quantitative estimate of drug-likeness (QED) is 0.873. The maximum atomic E-state index is 13.8. The zero-order valence-corrected chi connectivity index (χ0v) is 12.6. The first-order valence-electron chi connectivity index (χ1n) is 7.34. The van der Waals surface area contributed by atoms with Crippen LogP contribution in [0.2, 0.25) is 0 Å². The highest BCUT2D eigenvalue weighted by molar-refractivity contribution is 5.83. The number of amides is 1. The fraction of sp³-hybridized carbons (Fsp3) is 0.562. The first kappa shape index (κ1) is 15.9. The fourth-order valence-corrected chi connectivity index (χ4v) is 2.87. The minimum atomic E-state index is -0.514. The molecule has 1 atom stereocenters. The summed E-state index contributed by atoms with van der Waals surface area (Å²) >= 11 is 0. The molecule has 1 aromatic carbocycles. The third-order valence-electron chi connectivity index (χ3n) is 4.18. The lowest BCUT2D eigenvalue weighted by atomic mass is 9.78. The van der Waals surface area contributed by atoms with Crippen LogP contribution in [0.5, 0.6) is 0 Å². The Morgan fingerprint density at radius 3 is 2.71 bits per heavy atom. The van der Waals surface area contributed by atoms with E-state index in [1.165, 1.54) is 6.07 Å². The van der Waals surface area contributed by atoms with Crippen LogP contribution in [0, 0.1) is 11.2 Å². The van der Waals surface area contributed by atoms with Crippen LogP contribution >= 0.6 is 0 Å². The van der Waals surface area contributed by atoms with Crippen LogP contribution in [0.1, 0.15) is 31.4 Å². The van der Waals surface area contributed by atoms with Crippen LogP contribution in [0.4, 0.5) is 4.39 Å². The second kappa shape index (κ2) is 7.00. The molecule has 1 unspecified atom stereocenters. The minimum absolute atomic E-state index is 0.0541. The van der Waals surface area contributed by atoms with Crippen LogP contribution in [0.3, 0.4) is 0 Å². The van der Waals surface area contributed by atoms with Gasteiger partial charge < -0.3 is 15.4 Å². The Morgan fingerprint density at radius 1 is 1.43 bits per heavy atom. The van der Waals surface area contributed by atoms with E-state index < -0.39 is 5.41 Å². The summed E-state index contributed by atoms with van der Waals surface area (Å²) in [6.07, 6.45) is 1.47. The van der Waals surface area contributed by atoms with E-state index in [0.717, 1.165) is 25.9 Å². The van der Waals surface area contributed by atoms with Gasteiger partial charge >= 0.3 is 0 Å². The summed E-state index contributed by atoms with van der Waals surface area (Å²) in [5.74, 6) is -0.349. The van der Waals surface area contributed by atoms with Gasteiger partial charge in [-0.05, 0) is 38.9 Å². The van der Waals surface area contributed by atoms with Crippen molar-refractivity contribution in [1.82, 2.24) is 10.6 Å². The molecule has 0 aliphatic carbocycles. The number of methoxy groups -OCH3 is 1. The van der Waals surface area contributed by atoms with Gasteiger partial charge in [0.1, 0.15) is 5.82 Å². The number of hydrogen-bond donors (Lipinski definition) is 2. The molecule has 1 fully saturated rings. The second-order valence-corrected chi connectivity index (χ2v) is 5.68. The first-order valence-corrected chi connectivity index (χ1v) is 7.34. The molecule has 1 amide bonds. The van der Waals surface area contributed by atoms with Gasteiger partial charge in [0.25, 0.3) is 0 Å². The molecule has 5 heteroatoms. The van der Waals surface area contributed by atoms with Crippen molar-refractivity contribution in [1.29, 1.82) is 0 Å². The van der Waals surface area contributed by atoms with E-state index in [-0.39, 0.29) is 17.8 Å². The first-order chi connectivity index (χ1) is 10.1. The number of hydrogen-bond acceptors (Lipinski definition) is 3. The number of rotatable bonds is 5. The smallest absolute Gasteiger partial charge is 0.229 e. The van der Waals surface area contributed by atoms with Crippen LogP contribution in [0.25, 0.3) is 0 Å². The third kappa shape index (κ3) is 3.60. The van der Waals surface area contributed by atoms with Gasteiger partial charge in [-0.3, -0.25) is 4.79 Å². The van der Waals surface area contributed by atoms with Crippen LogP contribution < -0.4 is 10.6 Å². The van der Waals surface area contributed by atoms with Gasteiger partial charge in [-0.2, -0.15) is 0 Å². The standard InChI is InChI=1S/C16H23FN2O2/c1-12(13-5-3-4-6-14(13)17)19-15(20)16(11-21-2)7-9-18-10-8-16/h3-6,12,18H,7-11H2,1-2H3,(H,19,20). The van der Waals surface area contributed by atoms with Crippen molar-refractivity contribution >= 4 is 5.91 Å². The molecule has 1 saturated heterocycles. The molecule has 1 aliphatic heterocycles. The van der Waals surface area contributed by atoms with Crippen LogP contribution in [0.15, 0.2) is 24.3 Å². The van der Waals surface area contributed by atoms with E-state index in [1.54, 1.807) is 32.2 Å². The number of halogens is 1. The molecule has 21 heavy (non-hydrogen) atoms. The molecular weight excluding hydrogens is 271 g/mol. The van der Waals surface area contributed by atoms with E-state index in [2.05, 4.69) is 10.6 Å². The van der Waals surface area contributed by atoms with E-state index in [0.29, 0.717) is 12.2 Å². The van der Waals surface area contributed by atoms with Gasteiger partial charge in [0.2, 0.25) is 5.91 Å². The van der Waals surface area contributed by atoms with Crippen LogP contribution in [-0.4, -0.2) is 32.7 Å². The third-order valence-corrected chi connectivity index (χ3v) is 4.18. The number of ether oxygens (including phenoxy) is 1.